The van der Waals surface area contributed by atoms with Crippen LogP contribution in [-0.2, 0) is 21.2 Å². The number of sulfone groups is 1. The molecule has 0 radical (unpaired) electrons. The van der Waals surface area contributed by atoms with Gasteiger partial charge >= 0.3 is 6.03 Å². The van der Waals surface area contributed by atoms with Crippen LogP contribution in [0.2, 0.25) is 0 Å². The average molecular weight is 367 g/mol. The Morgan fingerprint density at radius 1 is 1.32 bits per heavy atom. The molecule has 3 rings (SSSR count). The first-order valence-corrected chi connectivity index (χ1v) is 10.6. The maximum atomic E-state index is 12.4. The number of hydrogen-bond donors (Lipinski definition) is 1. The molecule has 1 atom stereocenters. The molecule has 1 aromatic rings. The van der Waals surface area contributed by atoms with Crippen molar-refractivity contribution in [3.05, 3.63) is 30.1 Å². The quantitative estimate of drug-likeness (QED) is 0.868. The van der Waals surface area contributed by atoms with Crippen molar-refractivity contribution >= 4 is 15.9 Å². The zero-order chi connectivity index (χ0) is 17.7. The molecule has 7 nitrogen and oxygen atoms in total. The number of urea groups is 1. The Morgan fingerprint density at radius 3 is 2.84 bits per heavy atom. The molecular formula is C17H25N3O4S. The van der Waals surface area contributed by atoms with Gasteiger partial charge in [0.15, 0.2) is 0 Å². The summed E-state index contributed by atoms with van der Waals surface area (Å²) in [6.07, 6.45) is 6.38. The summed E-state index contributed by atoms with van der Waals surface area (Å²) in [5, 5.41) is 2.98. The fraction of sp³-hybridized carbons (Fsp3) is 0.647. The fourth-order valence-electron chi connectivity index (χ4n) is 3.26. The summed E-state index contributed by atoms with van der Waals surface area (Å²) in [4.78, 5) is 18.3. The second kappa shape index (κ2) is 8.14. The molecule has 2 fully saturated rings. The largest absolute Gasteiger partial charge is 0.372 e. The van der Waals surface area contributed by atoms with Crippen LogP contribution in [0, 0.1) is 0 Å². The number of carbonyl (C=O) groups excluding carboxylic acids is 1. The van der Waals surface area contributed by atoms with E-state index < -0.39 is 9.84 Å². The first-order valence-electron chi connectivity index (χ1n) is 8.78. The minimum absolute atomic E-state index is 0.0199. The summed E-state index contributed by atoms with van der Waals surface area (Å²) in [7, 11) is -2.91. The maximum Gasteiger partial charge on any atom is 0.317 e. The van der Waals surface area contributed by atoms with Gasteiger partial charge in [0, 0.05) is 31.5 Å². The van der Waals surface area contributed by atoms with E-state index in [1.54, 1.807) is 17.3 Å². The van der Waals surface area contributed by atoms with Gasteiger partial charge in [-0.15, -0.1) is 0 Å². The molecule has 0 bridgehead atoms. The Hall–Kier alpha value is -1.67. The van der Waals surface area contributed by atoms with Gasteiger partial charge in [-0.25, -0.2) is 13.2 Å². The third-order valence-electron chi connectivity index (χ3n) is 4.76. The molecule has 0 aliphatic carbocycles. The molecule has 2 aliphatic heterocycles. The van der Waals surface area contributed by atoms with Crippen LogP contribution >= 0.6 is 0 Å². The first kappa shape index (κ1) is 18.1. The minimum Gasteiger partial charge on any atom is -0.372 e. The van der Waals surface area contributed by atoms with Gasteiger partial charge in [0.05, 0.1) is 24.2 Å². The van der Waals surface area contributed by atoms with Crippen LogP contribution in [-0.4, -0.2) is 61.1 Å². The van der Waals surface area contributed by atoms with Crippen molar-refractivity contribution in [1.29, 1.82) is 0 Å². The average Bonchev–Trinajstić information content (AvgIpc) is 2.63. The van der Waals surface area contributed by atoms with Crippen molar-refractivity contribution < 1.29 is 17.9 Å². The number of piperidine rings is 1. The highest BCUT2D eigenvalue weighted by atomic mass is 32.2. The summed E-state index contributed by atoms with van der Waals surface area (Å²) >= 11 is 0. The van der Waals surface area contributed by atoms with Crippen molar-refractivity contribution in [3.8, 4) is 0 Å². The van der Waals surface area contributed by atoms with Crippen molar-refractivity contribution in [2.75, 3.05) is 24.6 Å². The number of pyridine rings is 1. The van der Waals surface area contributed by atoms with E-state index in [1.807, 2.05) is 12.1 Å². The molecule has 8 heteroatoms. The van der Waals surface area contributed by atoms with Gasteiger partial charge in [-0.3, -0.25) is 4.98 Å². The monoisotopic (exact) mass is 367 g/mol. The lowest BCUT2D eigenvalue weighted by Gasteiger charge is -2.34. The normalized spacial score (nSPS) is 24.0. The van der Waals surface area contributed by atoms with Crippen LogP contribution in [0.1, 0.15) is 31.2 Å². The highest BCUT2D eigenvalue weighted by Crippen LogP contribution is 2.17. The lowest BCUT2D eigenvalue weighted by Crippen LogP contribution is -2.51. The molecule has 2 aliphatic rings. The Morgan fingerprint density at radius 2 is 2.12 bits per heavy atom. The second-order valence-electron chi connectivity index (χ2n) is 6.76. The predicted octanol–water partition coefficient (Wildman–Crippen LogP) is 1.35. The Balaban J connectivity index is 1.45. The number of carbonyl (C=O) groups is 1. The third-order valence-corrected chi connectivity index (χ3v) is 6.47. The van der Waals surface area contributed by atoms with Crippen molar-refractivity contribution in [2.24, 2.45) is 0 Å². The zero-order valence-corrected chi connectivity index (χ0v) is 15.1. The lowest BCUT2D eigenvalue weighted by molar-refractivity contribution is -0.000715. The standard InChI is InChI=1S/C17H25N3O4S/c21-17(19-15-5-9-25(22,23)10-6-15)20-8-2-4-16(12-20)24-13-14-3-1-7-18-11-14/h1,3,7,11,15-16H,2,4-6,8-10,12-13H2,(H,19,21)/t16-/m1/s1. The van der Waals surface area contributed by atoms with Gasteiger partial charge in [-0.1, -0.05) is 6.07 Å². The molecule has 0 spiro atoms. The van der Waals surface area contributed by atoms with Crippen LogP contribution < -0.4 is 5.32 Å². The van der Waals surface area contributed by atoms with Crippen molar-refractivity contribution in [3.63, 3.8) is 0 Å². The van der Waals surface area contributed by atoms with Gasteiger partial charge in [0.2, 0.25) is 0 Å². The highest BCUT2D eigenvalue weighted by molar-refractivity contribution is 7.91. The lowest BCUT2D eigenvalue weighted by atomic mass is 10.1. The summed E-state index contributed by atoms with van der Waals surface area (Å²) in [6.45, 7) is 1.77. The molecule has 2 amide bonds. The number of amides is 2. The molecule has 25 heavy (non-hydrogen) atoms. The van der Waals surface area contributed by atoms with Crippen molar-refractivity contribution in [2.45, 2.75) is 44.4 Å². The zero-order valence-electron chi connectivity index (χ0n) is 14.3. The number of ether oxygens (including phenoxy) is 1. The fourth-order valence-corrected chi connectivity index (χ4v) is 4.75. The van der Waals surface area contributed by atoms with Gasteiger partial charge in [0.1, 0.15) is 9.84 Å². The Bertz CT molecular complexity index is 666. The molecule has 3 heterocycles. The van der Waals surface area contributed by atoms with Crippen LogP contribution in [0.4, 0.5) is 4.79 Å². The van der Waals surface area contributed by atoms with Gasteiger partial charge in [0.25, 0.3) is 0 Å². The van der Waals surface area contributed by atoms with E-state index in [0.717, 1.165) is 18.4 Å². The van der Waals surface area contributed by atoms with E-state index >= 15 is 0 Å². The number of aromatic nitrogens is 1. The van der Waals surface area contributed by atoms with Gasteiger partial charge in [-0.2, -0.15) is 0 Å². The summed E-state index contributed by atoms with van der Waals surface area (Å²) in [6, 6.07) is 3.69. The summed E-state index contributed by atoms with van der Waals surface area (Å²) in [5.74, 6) is 0.323. The second-order valence-corrected chi connectivity index (χ2v) is 9.06. The molecule has 138 valence electrons. The van der Waals surface area contributed by atoms with E-state index in [-0.39, 0.29) is 29.7 Å². The van der Waals surface area contributed by atoms with Crippen LogP contribution in [0.15, 0.2) is 24.5 Å². The molecule has 0 unspecified atom stereocenters. The number of nitrogens with one attached hydrogen (secondary N) is 1. The predicted molar refractivity (Wildman–Crippen MR) is 93.8 cm³/mol. The maximum absolute atomic E-state index is 12.4. The molecular weight excluding hydrogens is 342 g/mol. The summed E-state index contributed by atoms with van der Waals surface area (Å²) in [5.41, 5.74) is 1.02. The minimum atomic E-state index is -2.91. The SMILES string of the molecule is O=C(NC1CCS(=O)(=O)CC1)N1CCC[C@@H](OCc2cccnc2)C1. The Labute approximate surface area is 148 Å². The number of rotatable bonds is 4. The van der Waals surface area contributed by atoms with E-state index in [4.69, 9.17) is 4.74 Å². The number of likely N-dealkylation sites (tertiary alicyclic amines) is 1. The molecule has 1 aromatic heterocycles. The molecule has 0 saturated carbocycles. The van der Waals surface area contributed by atoms with Gasteiger partial charge in [-0.05, 0) is 37.3 Å². The molecule has 0 aromatic carbocycles. The third kappa shape index (κ3) is 5.40. The molecule has 2 saturated heterocycles. The smallest absolute Gasteiger partial charge is 0.317 e. The van der Waals surface area contributed by atoms with E-state index in [0.29, 0.717) is 32.5 Å². The number of hydrogen-bond acceptors (Lipinski definition) is 5. The first-order chi connectivity index (χ1) is 12.0. The summed E-state index contributed by atoms with van der Waals surface area (Å²) < 4.78 is 28.9. The highest BCUT2D eigenvalue weighted by Gasteiger charge is 2.28. The van der Waals surface area contributed by atoms with E-state index in [1.165, 1.54) is 0 Å². The van der Waals surface area contributed by atoms with Crippen LogP contribution in [0.5, 0.6) is 0 Å². The Kier molecular flexibility index (Phi) is 5.90. The number of nitrogens with zero attached hydrogens (tertiary/aromatic N) is 2. The topological polar surface area (TPSA) is 88.6 Å². The van der Waals surface area contributed by atoms with E-state index in [9.17, 15) is 13.2 Å². The molecule has 1 N–H and O–H groups in total. The van der Waals surface area contributed by atoms with E-state index in [2.05, 4.69) is 10.3 Å². The van der Waals surface area contributed by atoms with Gasteiger partial charge < -0.3 is 15.0 Å². The van der Waals surface area contributed by atoms with Crippen LogP contribution in [0.3, 0.4) is 0 Å². The van der Waals surface area contributed by atoms with Crippen LogP contribution in [0.25, 0.3) is 0 Å². The van der Waals surface area contributed by atoms with Crippen molar-refractivity contribution in [1.82, 2.24) is 15.2 Å².